The molecule has 0 saturated heterocycles. The molecule has 0 radical (unpaired) electrons. The van der Waals surface area contributed by atoms with Crippen LogP contribution in [0.4, 0.5) is 0 Å². The van der Waals surface area contributed by atoms with Gasteiger partial charge in [0.1, 0.15) is 0 Å². The Morgan fingerprint density at radius 1 is 1.60 bits per heavy atom. The molecule has 1 aliphatic heterocycles. The summed E-state index contributed by atoms with van der Waals surface area (Å²) < 4.78 is 5.15. The summed E-state index contributed by atoms with van der Waals surface area (Å²) >= 11 is 0. The smallest absolute Gasteiger partial charge is 0.650 e. The third-order valence-electron chi connectivity index (χ3n) is 1.21. The van der Waals surface area contributed by atoms with Gasteiger partial charge in [0.15, 0.2) is 5.90 Å². The number of hydrogen-bond acceptors (Lipinski definition) is 2. The van der Waals surface area contributed by atoms with E-state index in [0.717, 1.165) is 5.90 Å². The van der Waals surface area contributed by atoms with Crippen molar-refractivity contribution in [2.45, 2.75) is 26.8 Å². The summed E-state index contributed by atoms with van der Waals surface area (Å²) in [6.45, 7) is 7.92. The van der Waals surface area contributed by atoms with Crippen molar-refractivity contribution in [1.82, 2.24) is 0 Å². The van der Waals surface area contributed by atoms with Crippen LogP contribution in [0.5, 0.6) is 0 Å². The molecule has 52 valence electrons. The maximum absolute atomic E-state index is 5.15. The van der Waals surface area contributed by atoms with Crippen LogP contribution in [0.25, 0.3) is 0 Å². The van der Waals surface area contributed by atoms with Crippen LogP contribution in [0.2, 0.25) is 0 Å². The molecule has 0 fully saturated rings. The summed E-state index contributed by atoms with van der Waals surface area (Å²) in [6, 6.07) is 0.252. The fraction of sp³-hybridized carbons (Fsp3) is 0.714. The molecule has 2 nitrogen and oxygen atoms in total. The fourth-order valence-corrected chi connectivity index (χ4v) is 0.715. The zero-order valence-electron chi connectivity index (χ0n) is 7.09. The first kappa shape index (κ1) is 11.3. The van der Waals surface area contributed by atoms with Crippen LogP contribution in [-0.4, -0.2) is 11.9 Å². The Hall–Kier alpha value is 1.28. The van der Waals surface area contributed by atoms with Crippen LogP contribution in [0.3, 0.4) is 0 Å². The normalized spacial score (nSPS) is 23.6. The molecule has 10 heavy (non-hydrogen) atoms. The Morgan fingerprint density at radius 3 is 2.40 bits per heavy atom. The zero-order chi connectivity index (χ0) is 6.85. The first-order chi connectivity index (χ1) is 4.20. The Labute approximate surface area is 111 Å². The van der Waals surface area contributed by atoms with Crippen molar-refractivity contribution in [2.24, 2.45) is 10.9 Å². The molecule has 1 atom stereocenters. The van der Waals surface area contributed by atoms with Crippen molar-refractivity contribution in [3.63, 3.8) is 0 Å². The quantitative estimate of drug-likeness (QED) is 0.491. The van der Waals surface area contributed by atoms with Gasteiger partial charge in [-0.05, 0) is 6.04 Å². The van der Waals surface area contributed by atoms with Crippen molar-refractivity contribution < 1.29 is 62.9 Å². The van der Waals surface area contributed by atoms with Gasteiger partial charge in [-0.3, -0.25) is 4.99 Å². The van der Waals surface area contributed by atoms with Gasteiger partial charge in [-0.15, -0.1) is 6.61 Å². The van der Waals surface area contributed by atoms with Gasteiger partial charge in [0, 0.05) is 5.92 Å². The van der Waals surface area contributed by atoms with E-state index in [-0.39, 0.29) is 64.2 Å². The van der Waals surface area contributed by atoms with Gasteiger partial charge >= 0.3 is 58.2 Å². The van der Waals surface area contributed by atoms with E-state index in [0.29, 0.717) is 5.92 Å². The molecule has 0 amide bonds. The van der Waals surface area contributed by atoms with E-state index in [1.165, 1.54) is 0 Å². The molecule has 1 rings (SSSR count). The number of nitrogens with zero attached hydrogens (tertiary/aromatic N) is 1. The molecule has 1 heterocycles. The molecule has 0 aliphatic carbocycles. The average Bonchev–Trinajstić information content (AvgIpc) is 2.14. The third kappa shape index (κ3) is 3.12. The molecule has 0 aromatic heterocycles. The van der Waals surface area contributed by atoms with Gasteiger partial charge in [0.05, 0.1) is 0 Å². The van der Waals surface area contributed by atoms with Crippen LogP contribution in [0.1, 0.15) is 20.8 Å². The van der Waals surface area contributed by atoms with Crippen molar-refractivity contribution in [1.29, 1.82) is 0 Å². The largest absolute Gasteiger partial charge is 1.00 e. The Bertz CT molecular complexity index is 134. The van der Waals surface area contributed by atoms with Gasteiger partial charge in [0.25, 0.3) is 0 Å². The fourth-order valence-electron chi connectivity index (χ4n) is 0.715. The molecule has 0 bridgehead atoms. The van der Waals surface area contributed by atoms with Crippen LogP contribution in [0.15, 0.2) is 4.99 Å². The molecule has 0 spiro atoms. The minimum absolute atomic E-state index is 0. The second kappa shape index (κ2) is 5.02. The van der Waals surface area contributed by atoms with Crippen LogP contribution >= 0.6 is 0 Å². The molecule has 0 aromatic rings. The molecule has 1 aliphatic rings. The predicted molar refractivity (Wildman–Crippen MR) is 37.1 cm³/mol. The van der Waals surface area contributed by atoms with Gasteiger partial charge in [-0.2, -0.15) is 0 Å². The average molecular weight is 212 g/mol. The standard InChI is InChI=1S/C7H12NO.Rb/c1-5(2)7-8-6(3)4-9-7;/h4-6H,1-3H3;/q-1;+1/t6-;/m0./s1. The summed E-state index contributed by atoms with van der Waals surface area (Å²) in [5.74, 6) is 1.29. The van der Waals surface area contributed by atoms with Gasteiger partial charge in [-0.25, -0.2) is 0 Å². The van der Waals surface area contributed by atoms with Gasteiger partial charge < -0.3 is 4.74 Å². The number of hydrogen-bond donors (Lipinski definition) is 0. The maximum Gasteiger partial charge on any atom is 1.00 e. The first-order valence-electron chi connectivity index (χ1n) is 3.28. The van der Waals surface area contributed by atoms with Crippen LogP contribution < -0.4 is 58.2 Å². The molecule has 0 N–H and O–H groups in total. The van der Waals surface area contributed by atoms with E-state index in [1.54, 1.807) is 6.61 Å². The monoisotopic (exact) mass is 211 g/mol. The van der Waals surface area contributed by atoms with Crippen LogP contribution in [-0.2, 0) is 4.74 Å². The Kier molecular flexibility index (Phi) is 5.66. The van der Waals surface area contributed by atoms with Crippen molar-refractivity contribution in [3.8, 4) is 0 Å². The molecular formula is C7H12NORb. The minimum atomic E-state index is 0. The van der Waals surface area contributed by atoms with E-state index in [1.807, 2.05) is 6.92 Å². The predicted octanol–water partition coefficient (Wildman–Crippen LogP) is -1.37. The Morgan fingerprint density at radius 2 is 2.20 bits per heavy atom. The summed E-state index contributed by atoms with van der Waals surface area (Å²) in [7, 11) is 0. The summed E-state index contributed by atoms with van der Waals surface area (Å²) in [5.41, 5.74) is 0. The third-order valence-corrected chi connectivity index (χ3v) is 1.21. The second-order valence-corrected chi connectivity index (χ2v) is 2.62. The second-order valence-electron chi connectivity index (χ2n) is 2.62. The van der Waals surface area contributed by atoms with E-state index < -0.39 is 0 Å². The SMILES string of the molecule is CC(C)C1=N[C@@H](C)[CH-]O1.[Rb+]. The molecule has 3 heteroatoms. The van der Waals surface area contributed by atoms with E-state index in [2.05, 4.69) is 18.8 Å². The zero-order valence-corrected chi connectivity index (χ0v) is 12.0. The topological polar surface area (TPSA) is 21.6 Å². The number of ether oxygens (including phenoxy) is 1. The van der Waals surface area contributed by atoms with Gasteiger partial charge in [-0.1, -0.05) is 20.8 Å². The molecule has 0 unspecified atom stereocenters. The number of aliphatic imine (C=N–C) groups is 1. The van der Waals surface area contributed by atoms with Crippen molar-refractivity contribution in [2.75, 3.05) is 0 Å². The molecule has 0 aromatic carbocycles. The summed E-state index contributed by atoms with van der Waals surface area (Å²) in [4.78, 5) is 4.23. The molecule has 0 saturated carbocycles. The Balaban J connectivity index is 0.000000810. The minimum Gasteiger partial charge on any atom is -0.650 e. The van der Waals surface area contributed by atoms with E-state index in [9.17, 15) is 0 Å². The maximum atomic E-state index is 5.15. The van der Waals surface area contributed by atoms with Crippen molar-refractivity contribution >= 4 is 5.90 Å². The summed E-state index contributed by atoms with van der Waals surface area (Å²) in [6.07, 6.45) is 0. The van der Waals surface area contributed by atoms with E-state index >= 15 is 0 Å². The van der Waals surface area contributed by atoms with Crippen LogP contribution in [0, 0.1) is 12.5 Å². The molecular weight excluding hydrogens is 200 g/mol. The van der Waals surface area contributed by atoms with E-state index in [4.69, 9.17) is 4.74 Å². The first-order valence-corrected chi connectivity index (χ1v) is 3.28. The summed E-state index contributed by atoms with van der Waals surface area (Å²) in [5, 5.41) is 0. The number of rotatable bonds is 1. The van der Waals surface area contributed by atoms with Gasteiger partial charge in [0.2, 0.25) is 0 Å². The van der Waals surface area contributed by atoms with Crippen molar-refractivity contribution in [3.05, 3.63) is 6.61 Å².